The van der Waals surface area contributed by atoms with Gasteiger partial charge in [-0.1, -0.05) is 76.6 Å². The minimum atomic E-state index is -1.55. The minimum absolute atomic E-state index is 0.187. The lowest BCUT2D eigenvalue weighted by molar-refractivity contribution is -0.355. The van der Waals surface area contributed by atoms with Gasteiger partial charge >= 0.3 is 11.9 Å². The lowest BCUT2D eigenvalue weighted by Crippen LogP contribution is -2.82. The summed E-state index contributed by atoms with van der Waals surface area (Å²) >= 11 is 0. The van der Waals surface area contributed by atoms with Crippen LogP contribution in [0.3, 0.4) is 0 Å². The molecule has 1 aromatic carbocycles. The van der Waals surface area contributed by atoms with Crippen LogP contribution in [0.1, 0.15) is 98.0 Å². The van der Waals surface area contributed by atoms with E-state index >= 15 is 0 Å². The number of carbonyl (C=O) groups excluding carboxylic acids is 2. The largest absolute Gasteiger partial charge is 0.462 e. The average molecular weight is 609 g/mol. The fraction of sp³-hybridized carbons (Fsp3) is 0.676. The maximum Gasteiger partial charge on any atom is 0.331 e. The van der Waals surface area contributed by atoms with Crippen LogP contribution >= 0.6 is 0 Å². The Kier molecular flexibility index (Phi) is 9.00. The van der Waals surface area contributed by atoms with E-state index in [0.717, 1.165) is 31.3 Å². The Morgan fingerprint density at radius 2 is 1.80 bits per heavy atom. The van der Waals surface area contributed by atoms with Gasteiger partial charge in [0, 0.05) is 24.3 Å². The van der Waals surface area contributed by atoms with Crippen LogP contribution in [0.5, 0.6) is 0 Å². The Morgan fingerprint density at radius 3 is 2.45 bits per heavy atom. The number of aliphatic hydroxyl groups is 3. The molecule has 5 rings (SSSR count). The molecule has 0 radical (unpaired) electrons. The van der Waals surface area contributed by atoms with Crippen molar-refractivity contribution < 1.29 is 34.4 Å². The number of benzene rings is 1. The first-order valence-electron chi connectivity index (χ1n) is 16.6. The van der Waals surface area contributed by atoms with Crippen molar-refractivity contribution in [2.24, 2.45) is 28.1 Å². The van der Waals surface area contributed by atoms with Crippen LogP contribution < -0.4 is 0 Å². The second kappa shape index (κ2) is 12.0. The number of hydrogen-bond donors (Lipinski definition) is 3. The number of ether oxygens (including phenoxy) is 2. The molecule has 8 atom stereocenters. The molecule has 7 heteroatoms. The monoisotopic (exact) mass is 608 g/mol. The van der Waals surface area contributed by atoms with Crippen molar-refractivity contribution in [3.63, 3.8) is 0 Å². The van der Waals surface area contributed by atoms with Crippen molar-refractivity contribution in [3.05, 3.63) is 59.7 Å². The molecule has 3 aliphatic carbocycles. The molecule has 1 aromatic rings. The number of aliphatic hydroxyl groups excluding tert-OH is 1. The predicted molar refractivity (Wildman–Crippen MR) is 168 cm³/mol. The molecule has 8 unspecified atom stereocenters. The molecule has 2 fully saturated rings. The van der Waals surface area contributed by atoms with Crippen LogP contribution in [0.2, 0.25) is 0 Å². The second-order valence-corrected chi connectivity index (χ2v) is 15.2. The fourth-order valence-electron chi connectivity index (χ4n) is 9.72. The SMILES string of the molecule is CC(=O)OC1CC2(C)C=CC(O)(CCC(C)CCCc3ccccc3)C3(C(O)CCC(C)(C)C13)C2(O)CCC1=CC(=O)OC1. The molecular weight excluding hydrogens is 556 g/mol. The van der Waals surface area contributed by atoms with Crippen molar-refractivity contribution in [2.45, 2.75) is 122 Å². The van der Waals surface area contributed by atoms with E-state index < -0.39 is 51.5 Å². The summed E-state index contributed by atoms with van der Waals surface area (Å²) in [6.07, 6.45) is 9.89. The number of hydrogen-bond acceptors (Lipinski definition) is 7. The van der Waals surface area contributed by atoms with E-state index in [1.54, 1.807) is 0 Å². The van der Waals surface area contributed by atoms with Crippen molar-refractivity contribution in [1.29, 1.82) is 0 Å². The molecule has 44 heavy (non-hydrogen) atoms. The average Bonchev–Trinajstić information content (AvgIpc) is 3.38. The van der Waals surface area contributed by atoms with Gasteiger partial charge < -0.3 is 24.8 Å². The molecule has 2 bridgehead atoms. The third kappa shape index (κ3) is 5.47. The van der Waals surface area contributed by atoms with E-state index in [4.69, 9.17) is 9.47 Å². The third-order valence-corrected chi connectivity index (χ3v) is 11.9. The molecule has 7 nitrogen and oxygen atoms in total. The Hall–Kier alpha value is -2.48. The Bertz CT molecular complexity index is 1290. The van der Waals surface area contributed by atoms with Crippen LogP contribution in [0.25, 0.3) is 0 Å². The van der Waals surface area contributed by atoms with Crippen molar-refractivity contribution in [3.8, 4) is 0 Å². The van der Waals surface area contributed by atoms with Crippen LogP contribution in [0.4, 0.5) is 0 Å². The predicted octanol–water partition coefficient (Wildman–Crippen LogP) is 5.85. The molecule has 0 aromatic heterocycles. The first-order valence-corrected chi connectivity index (χ1v) is 16.6. The molecule has 0 amide bonds. The van der Waals surface area contributed by atoms with Crippen molar-refractivity contribution >= 4 is 11.9 Å². The number of esters is 2. The Balaban J connectivity index is 1.52. The highest BCUT2D eigenvalue weighted by atomic mass is 16.5. The zero-order chi connectivity index (χ0) is 32.0. The fourth-order valence-corrected chi connectivity index (χ4v) is 9.72. The molecule has 1 heterocycles. The molecule has 242 valence electrons. The van der Waals surface area contributed by atoms with Gasteiger partial charge in [0.05, 0.1) is 22.7 Å². The summed E-state index contributed by atoms with van der Waals surface area (Å²) in [5, 5.41) is 38.6. The molecule has 2 saturated carbocycles. The van der Waals surface area contributed by atoms with E-state index in [-0.39, 0.29) is 19.0 Å². The van der Waals surface area contributed by atoms with Gasteiger partial charge in [-0.15, -0.1) is 0 Å². The van der Waals surface area contributed by atoms with Gasteiger partial charge in [0.1, 0.15) is 12.7 Å². The summed E-state index contributed by atoms with van der Waals surface area (Å²) in [6.45, 7) is 9.99. The van der Waals surface area contributed by atoms with E-state index in [2.05, 4.69) is 45.0 Å². The van der Waals surface area contributed by atoms with Gasteiger partial charge in [-0.05, 0) is 80.3 Å². The maximum absolute atomic E-state index is 13.3. The molecule has 4 aliphatic rings. The normalized spacial score (nSPS) is 38.0. The third-order valence-electron chi connectivity index (χ3n) is 11.9. The number of fused-ring (bicyclic) bond motifs is 1. The van der Waals surface area contributed by atoms with E-state index in [1.807, 2.05) is 25.1 Å². The lowest BCUT2D eigenvalue weighted by atomic mass is 9.32. The van der Waals surface area contributed by atoms with Gasteiger partial charge in [-0.2, -0.15) is 0 Å². The molecule has 0 saturated heterocycles. The summed E-state index contributed by atoms with van der Waals surface area (Å²) in [4.78, 5) is 24.4. The molecule has 1 aliphatic heterocycles. The summed E-state index contributed by atoms with van der Waals surface area (Å²) < 4.78 is 11.2. The Labute approximate surface area is 262 Å². The lowest BCUT2D eigenvalue weighted by Gasteiger charge is -2.75. The number of carbonyl (C=O) groups is 2. The van der Waals surface area contributed by atoms with Crippen molar-refractivity contribution in [2.75, 3.05) is 6.61 Å². The summed E-state index contributed by atoms with van der Waals surface area (Å²) in [6, 6.07) is 10.4. The van der Waals surface area contributed by atoms with Crippen LogP contribution in [0.15, 0.2) is 54.1 Å². The number of rotatable bonds is 11. The highest BCUT2D eigenvalue weighted by Crippen LogP contribution is 2.74. The highest BCUT2D eigenvalue weighted by Gasteiger charge is 2.80. The zero-order valence-corrected chi connectivity index (χ0v) is 27.2. The van der Waals surface area contributed by atoms with E-state index in [1.165, 1.54) is 18.6 Å². The van der Waals surface area contributed by atoms with Gasteiger partial charge in [-0.25, -0.2) is 4.79 Å². The van der Waals surface area contributed by atoms with Gasteiger partial charge in [0.25, 0.3) is 0 Å². The van der Waals surface area contributed by atoms with Gasteiger partial charge in [-0.3, -0.25) is 4.79 Å². The smallest absolute Gasteiger partial charge is 0.331 e. The van der Waals surface area contributed by atoms with Crippen LogP contribution in [0, 0.1) is 28.1 Å². The quantitative estimate of drug-likeness (QED) is 0.214. The van der Waals surface area contributed by atoms with Crippen molar-refractivity contribution in [1.82, 2.24) is 0 Å². The number of cyclic esters (lactones) is 1. The van der Waals surface area contributed by atoms with Gasteiger partial charge in [0.2, 0.25) is 0 Å². The highest BCUT2D eigenvalue weighted by molar-refractivity contribution is 5.85. The minimum Gasteiger partial charge on any atom is -0.462 e. The standard InChI is InChI=1S/C37H52O7/c1-25(10-9-13-27-11-7-6-8-12-27)14-18-35(41)21-20-34(5)23-29(44-26(2)38)32-33(3,4)17-16-30(39)37(32,35)36(34,42)19-15-28-22-31(40)43-24-28/h6-8,11-12,20-22,25,29-30,32,39,41-42H,9-10,13-19,23-24H2,1-5H3. The Morgan fingerprint density at radius 1 is 1.07 bits per heavy atom. The van der Waals surface area contributed by atoms with Crippen LogP contribution in [-0.4, -0.2) is 57.3 Å². The zero-order valence-electron chi connectivity index (χ0n) is 27.2. The number of aryl methyl sites for hydroxylation is 1. The summed E-state index contributed by atoms with van der Waals surface area (Å²) in [7, 11) is 0. The first-order chi connectivity index (χ1) is 20.7. The molecule has 1 spiro atoms. The maximum atomic E-state index is 13.3. The first kappa shape index (κ1) is 32.9. The molecule has 3 N–H and O–H groups in total. The second-order valence-electron chi connectivity index (χ2n) is 15.2. The summed E-state index contributed by atoms with van der Waals surface area (Å²) in [5.41, 5.74) is -3.73. The van der Waals surface area contributed by atoms with Crippen LogP contribution in [-0.2, 0) is 25.5 Å². The summed E-state index contributed by atoms with van der Waals surface area (Å²) in [5.74, 6) is -0.968. The molecular formula is C37H52O7. The van der Waals surface area contributed by atoms with E-state index in [0.29, 0.717) is 38.0 Å². The van der Waals surface area contributed by atoms with E-state index in [9.17, 15) is 24.9 Å². The van der Waals surface area contributed by atoms with Gasteiger partial charge in [0.15, 0.2) is 0 Å². The topological polar surface area (TPSA) is 113 Å².